The van der Waals surface area contributed by atoms with Crippen LogP contribution in [0.15, 0.2) is 18.2 Å². The Kier molecular flexibility index (Phi) is 4.28. The molecule has 128 valence electrons. The van der Waals surface area contributed by atoms with Crippen LogP contribution in [-0.2, 0) is 9.53 Å². The van der Waals surface area contributed by atoms with Crippen molar-refractivity contribution >= 4 is 17.9 Å². The standard InChI is InChI=1S/C16H18N2O6/c1-22-12-5-3-4-11(14(12)23-2)15(20)17-7-6-10(8-17)18-13(19)9-24-16(18)21/h3-5,10H,6-9H2,1-2H3/t10-/m0/s1. The number of rotatable bonds is 4. The summed E-state index contributed by atoms with van der Waals surface area (Å²) < 4.78 is 15.2. The fourth-order valence-electron chi connectivity index (χ4n) is 3.08. The Morgan fingerprint density at radius 3 is 2.67 bits per heavy atom. The number of likely N-dealkylation sites (tertiary alicyclic amines) is 1. The third-order valence-electron chi connectivity index (χ3n) is 4.23. The number of para-hydroxylation sites is 1. The molecule has 2 saturated heterocycles. The number of amides is 3. The van der Waals surface area contributed by atoms with E-state index >= 15 is 0 Å². The van der Waals surface area contributed by atoms with Gasteiger partial charge in [0.1, 0.15) is 0 Å². The van der Waals surface area contributed by atoms with Gasteiger partial charge in [-0.1, -0.05) is 6.07 Å². The Bertz CT molecular complexity index is 673. The lowest BCUT2D eigenvalue weighted by atomic mass is 10.1. The van der Waals surface area contributed by atoms with Gasteiger partial charge in [0.2, 0.25) is 0 Å². The van der Waals surface area contributed by atoms with Crippen LogP contribution in [0.25, 0.3) is 0 Å². The van der Waals surface area contributed by atoms with Crippen molar-refractivity contribution in [1.29, 1.82) is 0 Å². The number of benzene rings is 1. The van der Waals surface area contributed by atoms with Gasteiger partial charge in [-0.3, -0.25) is 9.59 Å². The second-order valence-electron chi connectivity index (χ2n) is 5.55. The average molecular weight is 334 g/mol. The summed E-state index contributed by atoms with van der Waals surface area (Å²) in [7, 11) is 2.98. The van der Waals surface area contributed by atoms with Crippen LogP contribution in [0.1, 0.15) is 16.8 Å². The van der Waals surface area contributed by atoms with Crippen molar-refractivity contribution in [3.8, 4) is 11.5 Å². The van der Waals surface area contributed by atoms with Crippen LogP contribution < -0.4 is 9.47 Å². The first-order valence-electron chi connectivity index (χ1n) is 7.56. The number of hydrogen-bond donors (Lipinski definition) is 0. The fraction of sp³-hybridized carbons (Fsp3) is 0.438. The fourth-order valence-corrected chi connectivity index (χ4v) is 3.08. The molecule has 24 heavy (non-hydrogen) atoms. The van der Waals surface area contributed by atoms with E-state index in [0.717, 1.165) is 4.90 Å². The van der Waals surface area contributed by atoms with Gasteiger partial charge in [0.25, 0.3) is 11.8 Å². The monoisotopic (exact) mass is 334 g/mol. The molecule has 3 amide bonds. The summed E-state index contributed by atoms with van der Waals surface area (Å²) in [6, 6.07) is 4.73. The molecule has 0 aliphatic carbocycles. The maximum absolute atomic E-state index is 12.8. The van der Waals surface area contributed by atoms with Gasteiger partial charge in [-0.05, 0) is 18.6 Å². The first-order valence-corrected chi connectivity index (χ1v) is 7.56. The Labute approximate surface area is 138 Å². The highest BCUT2D eigenvalue weighted by Crippen LogP contribution is 2.32. The van der Waals surface area contributed by atoms with Crippen LogP contribution in [0, 0.1) is 0 Å². The van der Waals surface area contributed by atoms with E-state index in [2.05, 4.69) is 0 Å². The van der Waals surface area contributed by atoms with E-state index < -0.39 is 6.09 Å². The van der Waals surface area contributed by atoms with E-state index in [1.54, 1.807) is 23.1 Å². The molecule has 0 saturated carbocycles. The van der Waals surface area contributed by atoms with Crippen LogP contribution in [0.4, 0.5) is 4.79 Å². The number of imide groups is 1. The molecule has 2 fully saturated rings. The summed E-state index contributed by atoms with van der Waals surface area (Å²) in [5, 5.41) is 0. The van der Waals surface area contributed by atoms with E-state index in [1.165, 1.54) is 14.2 Å². The summed E-state index contributed by atoms with van der Waals surface area (Å²) in [6.07, 6.45) is -0.114. The molecule has 8 heteroatoms. The van der Waals surface area contributed by atoms with Gasteiger partial charge in [-0.25, -0.2) is 9.69 Å². The van der Waals surface area contributed by atoms with Crippen molar-refractivity contribution in [2.45, 2.75) is 12.5 Å². The third kappa shape index (κ3) is 2.64. The zero-order valence-electron chi connectivity index (χ0n) is 13.5. The van der Waals surface area contributed by atoms with Gasteiger partial charge in [0, 0.05) is 13.1 Å². The molecule has 0 unspecified atom stereocenters. The smallest absolute Gasteiger partial charge is 0.417 e. The topological polar surface area (TPSA) is 85.4 Å². The molecule has 0 radical (unpaired) electrons. The Morgan fingerprint density at radius 1 is 1.25 bits per heavy atom. The number of hydrogen-bond acceptors (Lipinski definition) is 6. The summed E-state index contributed by atoms with van der Waals surface area (Å²) in [6.45, 7) is 0.494. The van der Waals surface area contributed by atoms with Crippen molar-refractivity contribution in [3.63, 3.8) is 0 Å². The molecule has 0 bridgehead atoms. The van der Waals surface area contributed by atoms with Crippen molar-refractivity contribution < 1.29 is 28.6 Å². The molecule has 1 atom stereocenters. The van der Waals surface area contributed by atoms with Crippen LogP contribution in [0.3, 0.4) is 0 Å². The first-order chi connectivity index (χ1) is 11.6. The quantitative estimate of drug-likeness (QED) is 0.813. The molecule has 8 nitrogen and oxygen atoms in total. The van der Waals surface area contributed by atoms with Gasteiger partial charge in [0.15, 0.2) is 18.1 Å². The van der Waals surface area contributed by atoms with Gasteiger partial charge in [-0.2, -0.15) is 0 Å². The molecule has 1 aromatic rings. The molecule has 2 heterocycles. The lowest BCUT2D eigenvalue weighted by Crippen LogP contribution is -2.42. The normalized spacial score (nSPS) is 20.3. The maximum atomic E-state index is 12.8. The number of carbonyl (C=O) groups excluding carboxylic acids is 3. The molecule has 1 aromatic carbocycles. The highest BCUT2D eigenvalue weighted by molar-refractivity contribution is 5.99. The predicted octanol–water partition coefficient (Wildman–Crippen LogP) is 0.897. The highest BCUT2D eigenvalue weighted by atomic mass is 16.6. The molecule has 3 rings (SSSR count). The molecule has 2 aliphatic heterocycles. The van der Waals surface area contributed by atoms with Gasteiger partial charge < -0.3 is 19.1 Å². The average Bonchev–Trinajstić information content (AvgIpc) is 3.19. The van der Waals surface area contributed by atoms with Crippen LogP contribution in [-0.4, -0.2) is 67.7 Å². The SMILES string of the molecule is COc1cccc(C(=O)N2CC[C@H](N3C(=O)COC3=O)C2)c1OC. The maximum Gasteiger partial charge on any atom is 0.417 e. The molecule has 0 N–H and O–H groups in total. The second kappa shape index (κ2) is 6.38. The number of ether oxygens (including phenoxy) is 3. The molecular formula is C16H18N2O6. The second-order valence-corrected chi connectivity index (χ2v) is 5.55. The zero-order valence-corrected chi connectivity index (χ0v) is 13.5. The first kappa shape index (κ1) is 16.1. The summed E-state index contributed by atoms with van der Waals surface area (Å²) in [5.74, 6) is 0.244. The molecule has 0 aromatic heterocycles. The molecule has 2 aliphatic rings. The van der Waals surface area contributed by atoms with Gasteiger partial charge >= 0.3 is 6.09 Å². The predicted molar refractivity (Wildman–Crippen MR) is 82.0 cm³/mol. The lowest BCUT2D eigenvalue weighted by Gasteiger charge is -2.21. The summed E-state index contributed by atoms with van der Waals surface area (Å²) >= 11 is 0. The van der Waals surface area contributed by atoms with Crippen molar-refractivity contribution in [2.24, 2.45) is 0 Å². The van der Waals surface area contributed by atoms with Gasteiger partial charge in [0.05, 0.1) is 25.8 Å². The van der Waals surface area contributed by atoms with Crippen molar-refractivity contribution in [1.82, 2.24) is 9.80 Å². The number of methoxy groups -OCH3 is 2. The Morgan fingerprint density at radius 2 is 2.04 bits per heavy atom. The lowest BCUT2D eigenvalue weighted by molar-refractivity contribution is -0.127. The zero-order chi connectivity index (χ0) is 17.3. The minimum Gasteiger partial charge on any atom is -0.493 e. The van der Waals surface area contributed by atoms with E-state index in [4.69, 9.17) is 14.2 Å². The largest absolute Gasteiger partial charge is 0.493 e. The Balaban J connectivity index is 1.78. The highest BCUT2D eigenvalue weighted by Gasteiger charge is 2.41. The van der Waals surface area contributed by atoms with Crippen molar-refractivity contribution in [3.05, 3.63) is 23.8 Å². The molecule has 0 spiro atoms. The number of nitrogens with zero attached hydrogens (tertiary/aromatic N) is 2. The van der Waals surface area contributed by atoms with E-state index in [1.807, 2.05) is 0 Å². The number of carbonyl (C=O) groups is 3. The van der Waals surface area contributed by atoms with Crippen molar-refractivity contribution in [2.75, 3.05) is 33.9 Å². The summed E-state index contributed by atoms with van der Waals surface area (Å²) in [4.78, 5) is 38.9. The van der Waals surface area contributed by atoms with E-state index in [-0.39, 0.29) is 31.0 Å². The van der Waals surface area contributed by atoms with E-state index in [9.17, 15) is 14.4 Å². The Hall–Kier alpha value is -2.77. The van der Waals surface area contributed by atoms with Gasteiger partial charge in [-0.15, -0.1) is 0 Å². The summed E-state index contributed by atoms with van der Waals surface area (Å²) in [5.41, 5.74) is 0.382. The molecular weight excluding hydrogens is 316 g/mol. The van der Waals surface area contributed by atoms with Crippen LogP contribution in [0.2, 0.25) is 0 Å². The van der Waals surface area contributed by atoms with Crippen LogP contribution >= 0.6 is 0 Å². The minimum atomic E-state index is -0.641. The van der Waals surface area contributed by atoms with E-state index in [0.29, 0.717) is 30.0 Å². The minimum absolute atomic E-state index is 0.228. The third-order valence-corrected chi connectivity index (χ3v) is 4.23. The number of cyclic esters (lactones) is 1. The van der Waals surface area contributed by atoms with Crippen LogP contribution in [0.5, 0.6) is 11.5 Å².